The van der Waals surface area contributed by atoms with Crippen molar-refractivity contribution in [2.45, 2.75) is 84.1 Å². The molecule has 1 unspecified atom stereocenters. The summed E-state index contributed by atoms with van der Waals surface area (Å²) in [5.41, 5.74) is 5.69. The van der Waals surface area contributed by atoms with Crippen LogP contribution in [0, 0.1) is 0 Å². The molecule has 0 amide bonds. The molecule has 0 saturated carbocycles. The SMILES string of the molecule is CCCCCCCCCCCc1nc(C(C)N)no1. The summed E-state index contributed by atoms with van der Waals surface area (Å²) in [5, 5.41) is 3.86. The lowest BCUT2D eigenvalue weighted by atomic mass is 10.1. The molecule has 4 heteroatoms. The molecule has 1 atom stereocenters. The summed E-state index contributed by atoms with van der Waals surface area (Å²) in [5.74, 6) is 1.35. The highest BCUT2D eigenvalue weighted by Gasteiger charge is 2.09. The maximum Gasteiger partial charge on any atom is 0.226 e. The summed E-state index contributed by atoms with van der Waals surface area (Å²) < 4.78 is 5.16. The molecule has 1 rings (SSSR count). The molecule has 19 heavy (non-hydrogen) atoms. The van der Waals surface area contributed by atoms with E-state index in [1.54, 1.807) is 0 Å². The summed E-state index contributed by atoms with van der Waals surface area (Å²) in [6.45, 7) is 4.13. The van der Waals surface area contributed by atoms with Crippen molar-refractivity contribution in [3.8, 4) is 0 Å². The fourth-order valence-electron chi connectivity index (χ4n) is 2.14. The van der Waals surface area contributed by atoms with Crippen LogP contribution in [0.2, 0.25) is 0 Å². The van der Waals surface area contributed by atoms with Crippen molar-refractivity contribution in [2.24, 2.45) is 5.73 Å². The number of unbranched alkanes of at least 4 members (excludes halogenated alkanes) is 8. The molecule has 0 aliphatic rings. The monoisotopic (exact) mass is 267 g/mol. The van der Waals surface area contributed by atoms with Crippen LogP contribution in [-0.4, -0.2) is 10.1 Å². The lowest BCUT2D eigenvalue weighted by Gasteiger charge is -2.00. The summed E-state index contributed by atoms with van der Waals surface area (Å²) >= 11 is 0. The lowest BCUT2D eigenvalue weighted by molar-refractivity contribution is 0.366. The molecule has 0 aliphatic carbocycles. The number of hydrogen-bond acceptors (Lipinski definition) is 4. The zero-order valence-corrected chi connectivity index (χ0v) is 12.5. The van der Waals surface area contributed by atoms with Crippen LogP contribution < -0.4 is 5.73 Å². The first-order valence-corrected chi connectivity index (χ1v) is 7.82. The van der Waals surface area contributed by atoms with Crippen molar-refractivity contribution >= 4 is 0 Å². The Labute approximate surface area is 117 Å². The number of nitrogens with two attached hydrogens (primary N) is 1. The standard InChI is InChI=1S/C15H29N3O/c1-3-4-5-6-7-8-9-10-11-12-14-17-15(13(2)16)18-19-14/h13H,3-12,16H2,1-2H3. The van der Waals surface area contributed by atoms with Gasteiger partial charge in [-0.2, -0.15) is 4.98 Å². The number of hydrogen-bond donors (Lipinski definition) is 1. The van der Waals surface area contributed by atoms with Gasteiger partial charge in [0.05, 0.1) is 6.04 Å². The van der Waals surface area contributed by atoms with Crippen molar-refractivity contribution in [1.29, 1.82) is 0 Å². The molecule has 0 aliphatic heterocycles. The van der Waals surface area contributed by atoms with Crippen molar-refractivity contribution in [3.63, 3.8) is 0 Å². The maximum absolute atomic E-state index is 5.69. The van der Waals surface area contributed by atoms with Crippen LogP contribution in [0.3, 0.4) is 0 Å². The quantitative estimate of drug-likeness (QED) is 0.611. The van der Waals surface area contributed by atoms with Crippen molar-refractivity contribution in [2.75, 3.05) is 0 Å². The van der Waals surface area contributed by atoms with Gasteiger partial charge in [0, 0.05) is 6.42 Å². The molecule has 4 nitrogen and oxygen atoms in total. The summed E-state index contributed by atoms with van der Waals surface area (Å²) in [4.78, 5) is 4.27. The van der Waals surface area contributed by atoms with Crippen molar-refractivity contribution in [3.05, 3.63) is 11.7 Å². The van der Waals surface area contributed by atoms with Gasteiger partial charge in [0.15, 0.2) is 5.82 Å². The summed E-state index contributed by atoms with van der Waals surface area (Å²) in [6.07, 6.45) is 12.9. The summed E-state index contributed by atoms with van der Waals surface area (Å²) in [7, 11) is 0. The molecule has 1 aromatic rings. The fraction of sp³-hybridized carbons (Fsp3) is 0.867. The zero-order chi connectivity index (χ0) is 13.9. The third-order valence-electron chi connectivity index (χ3n) is 3.39. The highest BCUT2D eigenvalue weighted by molar-refractivity contribution is 4.90. The minimum atomic E-state index is -0.138. The van der Waals surface area contributed by atoms with E-state index in [1.807, 2.05) is 6.92 Å². The molecule has 110 valence electrons. The molecule has 0 aromatic carbocycles. The second-order valence-electron chi connectivity index (χ2n) is 5.41. The Morgan fingerprint density at radius 3 is 2.11 bits per heavy atom. The van der Waals surface area contributed by atoms with E-state index in [9.17, 15) is 0 Å². The number of nitrogens with zero attached hydrogens (tertiary/aromatic N) is 2. The Hall–Kier alpha value is -0.900. The van der Waals surface area contributed by atoms with E-state index in [0.29, 0.717) is 5.82 Å². The minimum Gasteiger partial charge on any atom is -0.339 e. The molecule has 0 saturated heterocycles. The maximum atomic E-state index is 5.69. The average Bonchev–Trinajstić information content (AvgIpc) is 2.86. The third-order valence-corrected chi connectivity index (χ3v) is 3.39. The van der Waals surface area contributed by atoms with Gasteiger partial charge in [-0.15, -0.1) is 0 Å². The van der Waals surface area contributed by atoms with Crippen molar-refractivity contribution in [1.82, 2.24) is 10.1 Å². The second-order valence-corrected chi connectivity index (χ2v) is 5.41. The first-order chi connectivity index (χ1) is 9.24. The summed E-state index contributed by atoms with van der Waals surface area (Å²) in [6, 6.07) is -0.138. The largest absolute Gasteiger partial charge is 0.339 e. The molecular formula is C15H29N3O. The molecule has 0 radical (unpaired) electrons. The van der Waals surface area contributed by atoms with Gasteiger partial charge in [-0.1, -0.05) is 63.4 Å². The van der Waals surface area contributed by atoms with Crippen LogP contribution in [0.1, 0.15) is 89.4 Å². The van der Waals surface area contributed by atoms with Crippen LogP contribution in [0.15, 0.2) is 4.52 Å². The highest BCUT2D eigenvalue weighted by atomic mass is 16.5. The van der Waals surface area contributed by atoms with Crippen LogP contribution in [0.4, 0.5) is 0 Å². The Morgan fingerprint density at radius 1 is 1.00 bits per heavy atom. The van der Waals surface area contributed by atoms with Gasteiger partial charge >= 0.3 is 0 Å². The number of aryl methyl sites for hydroxylation is 1. The van der Waals surface area contributed by atoms with Gasteiger partial charge in [0.1, 0.15) is 0 Å². The molecular weight excluding hydrogens is 238 g/mol. The predicted molar refractivity (Wildman–Crippen MR) is 77.8 cm³/mol. The van der Waals surface area contributed by atoms with E-state index in [1.165, 1.54) is 51.4 Å². The van der Waals surface area contributed by atoms with Gasteiger partial charge in [0.25, 0.3) is 0 Å². The Morgan fingerprint density at radius 2 is 1.58 bits per heavy atom. The van der Waals surface area contributed by atoms with Crippen LogP contribution in [0.25, 0.3) is 0 Å². The van der Waals surface area contributed by atoms with Gasteiger partial charge in [-0.25, -0.2) is 0 Å². The Balaban J connectivity index is 1.95. The second kappa shape index (κ2) is 9.96. The van der Waals surface area contributed by atoms with E-state index in [0.717, 1.165) is 18.7 Å². The molecule has 0 bridgehead atoms. The van der Waals surface area contributed by atoms with Crippen molar-refractivity contribution < 1.29 is 4.52 Å². The zero-order valence-electron chi connectivity index (χ0n) is 12.5. The molecule has 2 N–H and O–H groups in total. The van der Waals surface area contributed by atoms with E-state index >= 15 is 0 Å². The lowest BCUT2D eigenvalue weighted by Crippen LogP contribution is -2.06. The van der Waals surface area contributed by atoms with E-state index in [-0.39, 0.29) is 6.04 Å². The molecule has 1 aromatic heterocycles. The van der Waals surface area contributed by atoms with E-state index in [4.69, 9.17) is 10.3 Å². The molecule has 0 spiro atoms. The first-order valence-electron chi connectivity index (χ1n) is 7.82. The van der Waals surface area contributed by atoms with Gasteiger partial charge in [-0.05, 0) is 13.3 Å². The highest BCUT2D eigenvalue weighted by Crippen LogP contribution is 2.12. The van der Waals surface area contributed by atoms with Crippen LogP contribution >= 0.6 is 0 Å². The van der Waals surface area contributed by atoms with Crippen LogP contribution in [-0.2, 0) is 6.42 Å². The first kappa shape index (κ1) is 16.2. The minimum absolute atomic E-state index is 0.138. The predicted octanol–water partition coefficient (Wildman–Crippen LogP) is 4.16. The van der Waals surface area contributed by atoms with Gasteiger partial charge in [-0.3, -0.25) is 0 Å². The fourth-order valence-corrected chi connectivity index (χ4v) is 2.14. The average molecular weight is 267 g/mol. The topological polar surface area (TPSA) is 64.9 Å². The van der Waals surface area contributed by atoms with Gasteiger partial charge in [0.2, 0.25) is 5.89 Å². The van der Waals surface area contributed by atoms with E-state index in [2.05, 4.69) is 17.1 Å². The van der Waals surface area contributed by atoms with Crippen LogP contribution in [0.5, 0.6) is 0 Å². The Bertz CT molecular complexity index is 323. The normalized spacial score (nSPS) is 12.8. The number of rotatable bonds is 11. The molecule has 1 heterocycles. The third kappa shape index (κ3) is 7.31. The smallest absolute Gasteiger partial charge is 0.226 e. The molecule has 0 fully saturated rings. The number of aromatic nitrogens is 2. The van der Waals surface area contributed by atoms with E-state index < -0.39 is 0 Å². The Kier molecular flexibility index (Phi) is 8.47. The van der Waals surface area contributed by atoms with Gasteiger partial charge < -0.3 is 10.3 Å².